The van der Waals surface area contributed by atoms with Crippen molar-refractivity contribution in [2.75, 3.05) is 0 Å². The van der Waals surface area contributed by atoms with Gasteiger partial charge in [-0.05, 0) is 12.1 Å². The molecular weight excluding hydrogens is 252 g/mol. The maximum atomic E-state index is 11.4. The van der Waals surface area contributed by atoms with Gasteiger partial charge in [0.2, 0.25) is 15.9 Å². The fourth-order valence-electron chi connectivity index (χ4n) is 1.48. The summed E-state index contributed by atoms with van der Waals surface area (Å²) in [4.78, 5) is 4.05. The summed E-state index contributed by atoms with van der Waals surface area (Å²) in [6, 6.07) is 11.7. The zero-order chi connectivity index (χ0) is 13.0. The maximum Gasteiger partial charge on any atom is 0.238 e. The number of sulfonamides is 1. The summed E-state index contributed by atoms with van der Waals surface area (Å²) in [5.41, 5.74) is 0.505. The van der Waals surface area contributed by atoms with Crippen LogP contribution in [0, 0.1) is 0 Å². The highest BCUT2D eigenvalue weighted by Gasteiger charge is 2.13. The molecule has 0 radical (unpaired) electrons. The number of nitrogens with zero attached hydrogens (tertiary/aromatic N) is 1. The Bertz CT molecular complexity index is 627. The van der Waals surface area contributed by atoms with Gasteiger partial charge < -0.3 is 4.74 Å². The highest BCUT2D eigenvalue weighted by molar-refractivity contribution is 7.89. The second-order valence-electron chi connectivity index (χ2n) is 3.61. The Kier molecular flexibility index (Phi) is 3.59. The monoisotopic (exact) mass is 264 g/mol. The normalized spacial score (nSPS) is 11.2. The van der Waals surface area contributed by atoms with Crippen molar-refractivity contribution in [1.82, 2.24) is 4.98 Å². The number of rotatable bonds is 4. The van der Waals surface area contributed by atoms with E-state index in [-0.39, 0.29) is 11.5 Å². The molecule has 0 bridgehead atoms. The number of aromatic nitrogens is 1. The standard InChI is InChI=1S/C12H12N2O3S/c13-18(15,16)11-6-2-1-5-10(11)9-17-12-7-3-4-8-14-12/h1-8H,9H2,(H2,13,15,16). The van der Waals surface area contributed by atoms with Gasteiger partial charge in [-0.1, -0.05) is 24.3 Å². The van der Waals surface area contributed by atoms with Crippen LogP contribution in [0.15, 0.2) is 53.6 Å². The summed E-state index contributed by atoms with van der Waals surface area (Å²) in [6.07, 6.45) is 1.60. The van der Waals surface area contributed by atoms with E-state index in [1.807, 2.05) is 0 Å². The van der Waals surface area contributed by atoms with E-state index in [1.54, 1.807) is 42.6 Å². The van der Waals surface area contributed by atoms with E-state index in [9.17, 15) is 8.42 Å². The number of benzene rings is 1. The molecule has 0 atom stereocenters. The highest BCUT2D eigenvalue weighted by atomic mass is 32.2. The minimum atomic E-state index is -3.74. The number of hydrogen-bond acceptors (Lipinski definition) is 4. The van der Waals surface area contributed by atoms with Crippen molar-refractivity contribution in [3.8, 4) is 5.88 Å². The van der Waals surface area contributed by atoms with Gasteiger partial charge in [-0.3, -0.25) is 0 Å². The lowest BCUT2D eigenvalue weighted by Crippen LogP contribution is -2.15. The summed E-state index contributed by atoms with van der Waals surface area (Å²) in [7, 11) is -3.74. The van der Waals surface area contributed by atoms with Gasteiger partial charge in [0.1, 0.15) is 6.61 Å². The third-order valence-corrected chi connectivity index (χ3v) is 3.30. The number of primary sulfonamides is 1. The van der Waals surface area contributed by atoms with E-state index in [2.05, 4.69) is 4.98 Å². The molecule has 0 aliphatic heterocycles. The van der Waals surface area contributed by atoms with Crippen LogP contribution >= 0.6 is 0 Å². The highest BCUT2D eigenvalue weighted by Crippen LogP contribution is 2.16. The SMILES string of the molecule is NS(=O)(=O)c1ccccc1COc1ccccn1. The Labute approximate surface area is 105 Å². The summed E-state index contributed by atoms with van der Waals surface area (Å²) in [5, 5.41) is 5.13. The number of hydrogen-bond donors (Lipinski definition) is 1. The van der Waals surface area contributed by atoms with Crippen LogP contribution in [0.25, 0.3) is 0 Å². The lowest BCUT2D eigenvalue weighted by molar-refractivity contribution is 0.291. The van der Waals surface area contributed by atoms with Crippen LogP contribution < -0.4 is 9.88 Å². The fourth-order valence-corrected chi connectivity index (χ4v) is 2.25. The van der Waals surface area contributed by atoms with Gasteiger partial charge in [0.25, 0.3) is 0 Å². The molecule has 0 amide bonds. The maximum absolute atomic E-state index is 11.4. The van der Waals surface area contributed by atoms with Crippen molar-refractivity contribution >= 4 is 10.0 Å². The van der Waals surface area contributed by atoms with Gasteiger partial charge >= 0.3 is 0 Å². The van der Waals surface area contributed by atoms with Crippen molar-refractivity contribution in [3.05, 3.63) is 54.2 Å². The van der Waals surface area contributed by atoms with Gasteiger partial charge in [-0.25, -0.2) is 18.5 Å². The van der Waals surface area contributed by atoms with E-state index in [1.165, 1.54) is 6.07 Å². The van der Waals surface area contributed by atoms with Crippen LogP contribution in [0.3, 0.4) is 0 Å². The molecule has 2 rings (SSSR count). The molecule has 0 aliphatic rings. The first kappa shape index (κ1) is 12.5. The lowest BCUT2D eigenvalue weighted by atomic mass is 10.2. The zero-order valence-electron chi connectivity index (χ0n) is 9.48. The summed E-state index contributed by atoms with van der Waals surface area (Å²) < 4.78 is 28.1. The van der Waals surface area contributed by atoms with Crippen LogP contribution in [-0.4, -0.2) is 13.4 Å². The van der Waals surface area contributed by atoms with Gasteiger partial charge in [0.15, 0.2) is 0 Å². The largest absolute Gasteiger partial charge is 0.473 e. The van der Waals surface area contributed by atoms with Crippen LogP contribution in [-0.2, 0) is 16.6 Å². The Morgan fingerprint density at radius 2 is 1.83 bits per heavy atom. The average molecular weight is 264 g/mol. The molecule has 2 aromatic rings. The molecule has 2 N–H and O–H groups in total. The van der Waals surface area contributed by atoms with Gasteiger partial charge in [-0.2, -0.15) is 0 Å². The molecule has 94 valence electrons. The minimum absolute atomic E-state index is 0.0703. The second kappa shape index (κ2) is 5.16. The Morgan fingerprint density at radius 3 is 2.50 bits per heavy atom. The van der Waals surface area contributed by atoms with Gasteiger partial charge in [-0.15, -0.1) is 0 Å². The van der Waals surface area contributed by atoms with E-state index >= 15 is 0 Å². The fraction of sp³-hybridized carbons (Fsp3) is 0.0833. The molecule has 0 saturated carbocycles. The smallest absolute Gasteiger partial charge is 0.238 e. The van der Waals surface area contributed by atoms with E-state index in [4.69, 9.17) is 9.88 Å². The predicted octanol–water partition coefficient (Wildman–Crippen LogP) is 1.31. The Hall–Kier alpha value is -1.92. The first-order valence-electron chi connectivity index (χ1n) is 5.22. The van der Waals surface area contributed by atoms with Crippen LogP contribution in [0.5, 0.6) is 5.88 Å². The van der Waals surface area contributed by atoms with Gasteiger partial charge in [0, 0.05) is 17.8 Å². The van der Waals surface area contributed by atoms with Crippen molar-refractivity contribution in [2.45, 2.75) is 11.5 Å². The average Bonchev–Trinajstić information content (AvgIpc) is 2.37. The zero-order valence-corrected chi connectivity index (χ0v) is 10.3. The first-order chi connectivity index (χ1) is 8.57. The Balaban J connectivity index is 2.20. The minimum Gasteiger partial charge on any atom is -0.473 e. The van der Waals surface area contributed by atoms with Crippen molar-refractivity contribution in [3.63, 3.8) is 0 Å². The first-order valence-corrected chi connectivity index (χ1v) is 6.76. The van der Waals surface area contributed by atoms with Crippen LogP contribution in [0.2, 0.25) is 0 Å². The Morgan fingerprint density at radius 1 is 1.11 bits per heavy atom. The third kappa shape index (κ3) is 3.06. The lowest BCUT2D eigenvalue weighted by Gasteiger charge is -2.08. The van der Waals surface area contributed by atoms with Crippen LogP contribution in [0.4, 0.5) is 0 Å². The molecule has 0 saturated heterocycles. The van der Waals surface area contributed by atoms with E-state index in [0.29, 0.717) is 11.4 Å². The number of nitrogens with two attached hydrogens (primary N) is 1. The molecule has 0 spiro atoms. The summed E-state index contributed by atoms with van der Waals surface area (Å²) in [6.45, 7) is 0.101. The van der Waals surface area contributed by atoms with Crippen molar-refractivity contribution in [1.29, 1.82) is 0 Å². The third-order valence-electron chi connectivity index (χ3n) is 2.29. The molecule has 0 unspecified atom stereocenters. The number of pyridine rings is 1. The quantitative estimate of drug-likeness (QED) is 0.902. The summed E-state index contributed by atoms with van der Waals surface area (Å²) in [5.74, 6) is 0.432. The van der Waals surface area contributed by atoms with E-state index in [0.717, 1.165) is 0 Å². The molecule has 0 fully saturated rings. The molecule has 1 heterocycles. The van der Waals surface area contributed by atoms with Gasteiger partial charge in [0.05, 0.1) is 4.90 Å². The summed E-state index contributed by atoms with van der Waals surface area (Å²) >= 11 is 0. The van der Waals surface area contributed by atoms with Crippen LogP contribution in [0.1, 0.15) is 5.56 Å². The molecule has 6 heteroatoms. The topological polar surface area (TPSA) is 82.3 Å². The van der Waals surface area contributed by atoms with Crippen molar-refractivity contribution < 1.29 is 13.2 Å². The second-order valence-corrected chi connectivity index (χ2v) is 5.14. The molecule has 0 aliphatic carbocycles. The molecule has 18 heavy (non-hydrogen) atoms. The van der Waals surface area contributed by atoms with Crippen molar-refractivity contribution in [2.24, 2.45) is 5.14 Å². The molecular formula is C12H12N2O3S. The number of ether oxygens (including phenoxy) is 1. The van der Waals surface area contributed by atoms with E-state index < -0.39 is 10.0 Å². The molecule has 1 aromatic heterocycles. The predicted molar refractivity (Wildman–Crippen MR) is 66.4 cm³/mol. The molecule has 5 nitrogen and oxygen atoms in total. The molecule has 1 aromatic carbocycles.